The Balaban J connectivity index is 1.71. The number of aryl methyl sites for hydroxylation is 2. The molecule has 0 saturated carbocycles. The lowest BCUT2D eigenvalue weighted by Crippen LogP contribution is -2.22. The summed E-state index contributed by atoms with van der Waals surface area (Å²) in [6, 6.07) is 17.6. The van der Waals surface area contributed by atoms with E-state index in [1.165, 1.54) is 30.3 Å². The van der Waals surface area contributed by atoms with Crippen LogP contribution < -0.4 is 14.2 Å². The molecular formula is C25H25NO7S. The van der Waals surface area contributed by atoms with Gasteiger partial charge in [-0.15, -0.1) is 0 Å². The van der Waals surface area contributed by atoms with Gasteiger partial charge in [-0.05, 0) is 62.2 Å². The van der Waals surface area contributed by atoms with Gasteiger partial charge in [0.05, 0.1) is 12.3 Å². The van der Waals surface area contributed by atoms with Crippen molar-refractivity contribution in [3.05, 3.63) is 83.4 Å². The number of benzene rings is 3. The molecule has 0 spiro atoms. The summed E-state index contributed by atoms with van der Waals surface area (Å²) in [6.45, 7) is 5.07. The van der Waals surface area contributed by atoms with Gasteiger partial charge in [-0.25, -0.2) is 4.79 Å². The van der Waals surface area contributed by atoms with E-state index in [9.17, 15) is 18.0 Å². The molecule has 34 heavy (non-hydrogen) atoms. The van der Waals surface area contributed by atoms with Gasteiger partial charge in [-0.3, -0.25) is 4.79 Å². The number of esters is 1. The van der Waals surface area contributed by atoms with Crippen LogP contribution in [-0.2, 0) is 19.6 Å². The third-order valence-electron chi connectivity index (χ3n) is 4.71. The molecule has 0 aliphatic carbocycles. The number of hydrogen-bond acceptors (Lipinski definition) is 7. The first-order valence-electron chi connectivity index (χ1n) is 10.5. The van der Waals surface area contributed by atoms with E-state index < -0.39 is 28.6 Å². The van der Waals surface area contributed by atoms with Crippen LogP contribution in [0.5, 0.6) is 11.5 Å². The highest BCUT2D eigenvalue weighted by molar-refractivity contribution is 7.87. The number of anilines is 1. The van der Waals surface area contributed by atoms with Gasteiger partial charge in [0.15, 0.2) is 12.4 Å². The Morgan fingerprint density at radius 2 is 1.59 bits per heavy atom. The molecule has 1 amide bonds. The maximum atomic E-state index is 12.9. The lowest BCUT2D eigenvalue weighted by atomic mass is 10.2. The third kappa shape index (κ3) is 6.14. The molecule has 0 aromatic heterocycles. The summed E-state index contributed by atoms with van der Waals surface area (Å²) >= 11 is 0. The van der Waals surface area contributed by atoms with Crippen molar-refractivity contribution in [2.24, 2.45) is 0 Å². The molecular weight excluding hydrogens is 458 g/mol. The minimum absolute atomic E-state index is 0.00279. The number of hydrogen-bond donors (Lipinski definition) is 1. The topological polar surface area (TPSA) is 108 Å². The monoisotopic (exact) mass is 483 g/mol. The van der Waals surface area contributed by atoms with E-state index in [0.29, 0.717) is 23.6 Å². The maximum Gasteiger partial charge on any atom is 0.342 e. The van der Waals surface area contributed by atoms with Crippen molar-refractivity contribution in [2.45, 2.75) is 25.7 Å². The van der Waals surface area contributed by atoms with Crippen molar-refractivity contribution in [3.63, 3.8) is 0 Å². The Hall–Kier alpha value is -3.85. The Kier molecular flexibility index (Phi) is 7.91. The Morgan fingerprint density at radius 1 is 0.912 bits per heavy atom. The van der Waals surface area contributed by atoms with E-state index >= 15 is 0 Å². The van der Waals surface area contributed by atoms with E-state index in [4.69, 9.17) is 13.7 Å². The number of carbonyl (C=O) groups is 2. The van der Waals surface area contributed by atoms with Crippen LogP contribution in [0.3, 0.4) is 0 Å². The van der Waals surface area contributed by atoms with Crippen LogP contribution in [0.4, 0.5) is 5.69 Å². The quantitative estimate of drug-likeness (QED) is 0.358. The molecule has 3 rings (SSSR count). The highest BCUT2D eigenvalue weighted by Crippen LogP contribution is 2.26. The molecule has 3 aromatic carbocycles. The summed E-state index contributed by atoms with van der Waals surface area (Å²) in [5.74, 6) is -1.20. The predicted octanol–water partition coefficient (Wildman–Crippen LogP) is 4.27. The molecule has 9 heteroatoms. The number of para-hydroxylation sites is 3. The van der Waals surface area contributed by atoms with Gasteiger partial charge >= 0.3 is 16.1 Å². The van der Waals surface area contributed by atoms with E-state index in [-0.39, 0.29) is 16.2 Å². The molecule has 0 radical (unpaired) electrons. The minimum Gasteiger partial charge on any atom is -0.492 e. The third-order valence-corrected chi connectivity index (χ3v) is 6.09. The van der Waals surface area contributed by atoms with Crippen molar-refractivity contribution >= 4 is 27.7 Å². The second kappa shape index (κ2) is 10.8. The Labute approximate surface area is 198 Å². The Bertz CT molecular complexity index is 1300. The highest BCUT2D eigenvalue weighted by Gasteiger charge is 2.24. The fraction of sp³-hybridized carbons (Fsp3) is 0.200. The number of carbonyl (C=O) groups excluding carboxylic acids is 2. The molecule has 3 aromatic rings. The van der Waals surface area contributed by atoms with Crippen molar-refractivity contribution in [2.75, 3.05) is 18.5 Å². The van der Waals surface area contributed by atoms with Gasteiger partial charge in [0, 0.05) is 0 Å². The van der Waals surface area contributed by atoms with Crippen molar-refractivity contribution in [1.29, 1.82) is 0 Å². The SMILES string of the molecule is CCOc1ccccc1NC(=O)COC(=O)c1ccccc1OS(=O)(=O)c1cc(C)ccc1C. The molecule has 0 heterocycles. The van der Waals surface area contributed by atoms with Crippen LogP contribution in [0.15, 0.2) is 71.6 Å². The number of nitrogens with one attached hydrogen (secondary N) is 1. The first kappa shape index (κ1) is 24.8. The smallest absolute Gasteiger partial charge is 0.342 e. The average molecular weight is 484 g/mol. The lowest BCUT2D eigenvalue weighted by molar-refractivity contribution is -0.119. The van der Waals surface area contributed by atoms with Gasteiger partial charge in [0.2, 0.25) is 0 Å². The predicted molar refractivity (Wildman–Crippen MR) is 127 cm³/mol. The average Bonchev–Trinajstić information content (AvgIpc) is 2.80. The first-order chi connectivity index (χ1) is 16.2. The first-order valence-corrected chi connectivity index (χ1v) is 11.9. The second-order valence-corrected chi connectivity index (χ2v) is 8.87. The van der Waals surface area contributed by atoms with Gasteiger partial charge in [0.1, 0.15) is 16.2 Å². The van der Waals surface area contributed by atoms with Crippen LogP contribution in [0.2, 0.25) is 0 Å². The van der Waals surface area contributed by atoms with Crippen LogP contribution in [0.1, 0.15) is 28.4 Å². The fourth-order valence-electron chi connectivity index (χ4n) is 3.09. The number of amides is 1. The summed E-state index contributed by atoms with van der Waals surface area (Å²) < 4.78 is 41.5. The molecule has 0 unspecified atom stereocenters. The second-order valence-electron chi connectivity index (χ2n) is 7.36. The molecule has 0 aliphatic rings. The largest absolute Gasteiger partial charge is 0.492 e. The molecule has 0 bridgehead atoms. The highest BCUT2D eigenvalue weighted by atomic mass is 32.2. The summed E-state index contributed by atoms with van der Waals surface area (Å²) in [5, 5.41) is 2.62. The molecule has 178 valence electrons. The van der Waals surface area contributed by atoms with Gasteiger partial charge in [-0.1, -0.05) is 36.4 Å². The molecule has 1 N–H and O–H groups in total. The van der Waals surface area contributed by atoms with E-state index in [0.717, 1.165) is 5.56 Å². The van der Waals surface area contributed by atoms with Crippen LogP contribution >= 0.6 is 0 Å². The number of rotatable bonds is 9. The zero-order chi connectivity index (χ0) is 24.7. The van der Waals surface area contributed by atoms with Crippen LogP contribution in [0.25, 0.3) is 0 Å². The van der Waals surface area contributed by atoms with Crippen LogP contribution in [-0.4, -0.2) is 33.5 Å². The van der Waals surface area contributed by atoms with Gasteiger partial charge in [0.25, 0.3) is 5.91 Å². The summed E-state index contributed by atoms with van der Waals surface area (Å²) in [5.41, 5.74) is 1.57. The molecule has 0 aliphatic heterocycles. The van der Waals surface area contributed by atoms with Crippen molar-refractivity contribution < 1.29 is 31.7 Å². The molecule has 8 nitrogen and oxygen atoms in total. The summed E-state index contributed by atoms with van der Waals surface area (Å²) in [6.07, 6.45) is 0. The zero-order valence-corrected chi connectivity index (χ0v) is 19.8. The standard InChI is InChI=1S/C25H25NO7S/c1-4-31-22-12-8-6-10-20(22)26-24(27)16-32-25(28)19-9-5-7-11-21(19)33-34(29,30)23-15-17(2)13-14-18(23)3/h5-15H,4,16H2,1-3H3,(H,26,27). The lowest BCUT2D eigenvalue weighted by Gasteiger charge is -2.13. The number of ether oxygens (including phenoxy) is 2. The molecule has 0 saturated heterocycles. The Morgan fingerprint density at radius 3 is 2.32 bits per heavy atom. The van der Waals surface area contributed by atoms with Crippen LogP contribution in [0, 0.1) is 13.8 Å². The van der Waals surface area contributed by atoms with E-state index in [1.807, 2.05) is 6.92 Å². The van der Waals surface area contributed by atoms with Crippen molar-refractivity contribution in [3.8, 4) is 11.5 Å². The normalized spacial score (nSPS) is 10.9. The van der Waals surface area contributed by atoms with E-state index in [2.05, 4.69) is 5.32 Å². The summed E-state index contributed by atoms with van der Waals surface area (Å²) in [7, 11) is -4.21. The van der Waals surface area contributed by atoms with Gasteiger partial charge < -0.3 is 19.0 Å². The zero-order valence-electron chi connectivity index (χ0n) is 19.0. The minimum atomic E-state index is -4.21. The van der Waals surface area contributed by atoms with E-state index in [1.54, 1.807) is 50.2 Å². The van der Waals surface area contributed by atoms with Crippen molar-refractivity contribution in [1.82, 2.24) is 0 Å². The maximum absolute atomic E-state index is 12.9. The fourth-order valence-corrected chi connectivity index (χ4v) is 4.36. The molecule has 0 atom stereocenters. The van der Waals surface area contributed by atoms with Gasteiger partial charge in [-0.2, -0.15) is 8.42 Å². The summed E-state index contributed by atoms with van der Waals surface area (Å²) in [4.78, 5) is 24.9. The molecule has 0 fully saturated rings.